The van der Waals surface area contributed by atoms with Crippen LogP contribution in [0.2, 0.25) is 0 Å². The SMILES string of the molecule is COC1CN(CCC(=O)N(C)CCC(N)=S)CCC1C. The average molecular weight is 301 g/mol. The van der Waals surface area contributed by atoms with Crippen molar-refractivity contribution < 1.29 is 9.53 Å². The number of nitrogens with zero attached hydrogens (tertiary/aromatic N) is 2. The van der Waals surface area contributed by atoms with Gasteiger partial charge in [0.15, 0.2) is 0 Å². The molecule has 0 aliphatic carbocycles. The highest BCUT2D eigenvalue weighted by atomic mass is 32.1. The maximum atomic E-state index is 12.0. The first-order valence-electron chi connectivity index (χ1n) is 7.21. The number of piperidine rings is 1. The van der Waals surface area contributed by atoms with E-state index in [0.29, 0.717) is 30.3 Å². The predicted octanol–water partition coefficient (Wildman–Crippen LogP) is 0.868. The Hall–Kier alpha value is -0.720. The van der Waals surface area contributed by atoms with Crippen molar-refractivity contribution in [2.75, 3.05) is 40.3 Å². The minimum atomic E-state index is 0.147. The molecule has 0 aromatic heterocycles. The molecule has 0 aromatic rings. The van der Waals surface area contributed by atoms with Crippen LogP contribution >= 0.6 is 12.2 Å². The van der Waals surface area contributed by atoms with Crippen molar-refractivity contribution in [3.63, 3.8) is 0 Å². The van der Waals surface area contributed by atoms with Crippen molar-refractivity contribution in [3.8, 4) is 0 Å². The first kappa shape index (κ1) is 17.3. The zero-order valence-electron chi connectivity index (χ0n) is 12.8. The fourth-order valence-corrected chi connectivity index (χ4v) is 2.55. The molecule has 5 nitrogen and oxygen atoms in total. The van der Waals surface area contributed by atoms with Gasteiger partial charge in [-0.2, -0.15) is 0 Å². The van der Waals surface area contributed by atoms with Gasteiger partial charge in [0.2, 0.25) is 5.91 Å². The minimum Gasteiger partial charge on any atom is -0.393 e. The maximum absolute atomic E-state index is 12.0. The molecular formula is C14H27N3O2S. The van der Waals surface area contributed by atoms with Crippen LogP contribution in [0.4, 0.5) is 0 Å². The van der Waals surface area contributed by atoms with Crippen LogP contribution in [-0.2, 0) is 9.53 Å². The van der Waals surface area contributed by atoms with E-state index in [2.05, 4.69) is 11.8 Å². The molecule has 1 rings (SSSR count). The lowest BCUT2D eigenvalue weighted by molar-refractivity contribution is -0.130. The first-order chi connectivity index (χ1) is 9.43. The zero-order valence-corrected chi connectivity index (χ0v) is 13.6. The van der Waals surface area contributed by atoms with Gasteiger partial charge in [-0.05, 0) is 18.9 Å². The standard InChI is InChI=1S/C14H27N3O2S/c1-11-4-8-17(10-12(11)19-3)9-6-14(18)16(2)7-5-13(15)20/h11-12H,4-10H2,1-3H3,(H2,15,20). The van der Waals surface area contributed by atoms with Gasteiger partial charge in [0.05, 0.1) is 11.1 Å². The summed E-state index contributed by atoms with van der Waals surface area (Å²) in [5.41, 5.74) is 5.45. The van der Waals surface area contributed by atoms with E-state index < -0.39 is 0 Å². The van der Waals surface area contributed by atoms with E-state index in [9.17, 15) is 4.79 Å². The molecule has 1 aliphatic rings. The molecule has 0 radical (unpaired) electrons. The molecule has 1 fully saturated rings. The van der Waals surface area contributed by atoms with Crippen LogP contribution in [0.5, 0.6) is 0 Å². The number of methoxy groups -OCH3 is 1. The lowest BCUT2D eigenvalue weighted by Crippen LogP contribution is -2.45. The van der Waals surface area contributed by atoms with E-state index >= 15 is 0 Å². The fraction of sp³-hybridized carbons (Fsp3) is 0.857. The molecule has 0 spiro atoms. The van der Waals surface area contributed by atoms with Crippen LogP contribution < -0.4 is 5.73 Å². The summed E-state index contributed by atoms with van der Waals surface area (Å²) in [5, 5.41) is 0. The second-order valence-electron chi connectivity index (χ2n) is 5.62. The van der Waals surface area contributed by atoms with Crippen LogP contribution in [0.15, 0.2) is 0 Å². The molecule has 20 heavy (non-hydrogen) atoms. The Morgan fingerprint density at radius 3 is 2.80 bits per heavy atom. The second kappa shape index (κ2) is 8.54. The lowest BCUT2D eigenvalue weighted by Gasteiger charge is -2.36. The highest BCUT2D eigenvalue weighted by molar-refractivity contribution is 7.80. The van der Waals surface area contributed by atoms with E-state index in [0.717, 1.165) is 26.1 Å². The van der Waals surface area contributed by atoms with Crippen LogP contribution in [0, 0.1) is 5.92 Å². The molecule has 1 saturated heterocycles. The Labute approximate surface area is 127 Å². The zero-order chi connectivity index (χ0) is 15.1. The number of hydrogen-bond acceptors (Lipinski definition) is 4. The topological polar surface area (TPSA) is 58.8 Å². The summed E-state index contributed by atoms with van der Waals surface area (Å²) < 4.78 is 5.49. The number of nitrogens with two attached hydrogens (primary N) is 1. The van der Waals surface area contributed by atoms with Crippen molar-refractivity contribution in [3.05, 3.63) is 0 Å². The van der Waals surface area contributed by atoms with Gasteiger partial charge in [-0.25, -0.2) is 0 Å². The van der Waals surface area contributed by atoms with Gasteiger partial charge in [0.1, 0.15) is 0 Å². The van der Waals surface area contributed by atoms with Crippen molar-refractivity contribution in [2.24, 2.45) is 11.7 Å². The number of ether oxygens (including phenoxy) is 1. The molecule has 2 atom stereocenters. The minimum absolute atomic E-state index is 0.147. The maximum Gasteiger partial charge on any atom is 0.223 e. The van der Waals surface area contributed by atoms with Gasteiger partial charge >= 0.3 is 0 Å². The molecule has 1 aliphatic heterocycles. The van der Waals surface area contributed by atoms with E-state index in [1.807, 2.05) is 0 Å². The van der Waals surface area contributed by atoms with Crippen LogP contribution in [0.25, 0.3) is 0 Å². The largest absolute Gasteiger partial charge is 0.393 e. The third-order valence-corrected chi connectivity index (χ3v) is 4.24. The highest BCUT2D eigenvalue weighted by Crippen LogP contribution is 2.19. The Kier molecular flexibility index (Phi) is 7.40. The number of rotatable bonds is 7. The van der Waals surface area contributed by atoms with Crippen molar-refractivity contribution in [1.29, 1.82) is 0 Å². The molecule has 1 heterocycles. The monoisotopic (exact) mass is 301 g/mol. The third-order valence-electron chi connectivity index (χ3n) is 4.04. The number of thiocarbonyl (C=S) groups is 1. The number of carbonyl (C=O) groups is 1. The van der Waals surface area contributed by atoms with Crippen molar-refractivity contribution in [2.45, 2.75) is 32.3 Å². The van der Waals surface area contributed by atoms with E-state index in [1.165, 1.54) is 0 Å². The predicted molar refractivity (Wildman–Crippen MR) is 84.7 cm³/mol. The molecule has 2 unspecified atom stereocenters. The molecule has 1 amide bonds. The van der Waals surface area contributed by atoms with E-state index in [-0.39, 0.29) is 12.0 Å². The number of hydrogen-bond donors (Lipinski definition) is 1. The smallest absolute Gasteiger partial charge is 0.223 e. The van der Waals surface area contributed by atoms with Crippen LogP contribution in [-0.4, -0.2) is 67.1 Å². The van der Waals surface area contributed by atoms with Crippen LogP contribution in [0.3, 0.4) is 0 Å². The number of likely N-dealkylation sites (tertiary alicyclic amines) is 1. The average Bonchev–Trinajstić information content (AvgIpc) is 2.43. The Morgan fingerprint density at radius 2 is 2.20 bits per heavy atom. The molecule has 0 aromatic carbocycles. The Morgan fingerprint density at radius 1 is 1.50 bits per heavy atom. The number of amides is 1. The summed E-state index contributed by atoms with van der Waals surface area (Å²) in [5.74, 6) is 0.744. The van der Waals surface area contributed by atoms with Gasteiger partial charge in [-0.3, -0.25) is 4.79 Å². The summed E-state index contributed by atoms with van der Waals surface area (Å²) >= 11 is 4.82. The molecule has 116 valence electrons. The summed E-state index contributed by atoms with van der Waals surface area (Å²) in [6.07, 6.45) is 2.54. The molecule has 0 saturated carbocycles. The van der Waals surface area contributed by atoms with Crippen LogP contribution in [0.1, 0.15) is 26.2 Å². The van der Waals surface area contributed by atoms with E-state index in [1.54, 1.807) is 19.1 Å². The third kappa shape index (κ3) is 5.73. The molecule has 2 N–H and O–H groups in total. The lowest BCUT2D eigenvalue weighted by atomic mass is 9.96. The molecule has 6 heteroatoms. The summed E-state index contributed by atoms with van der Waals surface area (Å²) in [4.78, 5) is 16.5. The van der Waals surface area contributed by atoms with Gasteiger partial charge in [-0.15, -0.1) is 0 Å². The Balaban J connectivity index is 2.28. The highest BCUT2D eigenvalue weighted by Gasteiger charge is 2.26. The van der Waals surface area contributed by atoms with Gasteiger partial charge in [0.25, 0.3) is 0 Å². The van der Waals surface area contributed by atoms with Gasteiger partial charge in [-0.1, -0.05) is 19.1 Å². The van der Waals surface area contributed by atoms with E-state index in [4.69, 9.17) is 22.7 Å². The quantitative estimate of drug-likeness (QED) is 0.707. The van der Waals surface area contributed by atoms with Gasteiger partial charge < -0.3 is 20.3 Å². The molecule has 0 bridgehead atoms. The first-order valence-corrected chi connectivity index (χ1v) is 7.62. The molecular weight excluding hydrogens is 274 g/mol. The summed E-state index contributed by atoms with van der Waals surface area (Å²) in [7, 11) is 3.57. The summed E-state index contributed by atoms with van der Waals surface area (Å²) in [6, 6.07) is 0. The second-order valence-corrected chi connectivity index (χ2v) is 6.15. The van der Waals surface area contributed by atoms with Crippen molar-refractivity contribution in [1.82, 2.24) is 9.80 Å². The fourth-order valence-electron chi connectivity index (χ4n) is 2.45. The Bertz CT molecular complexity index is 338. The van der Waals surface area contributed by atoms with Crippen molar-refractivity contribution >= 4 is 23.1 Å². The normalized spacial score (nSPS) is 23.6. The summed E-state index contributed by atoms with van der Waals surface area (Å²) in [6.45, 7) is 5.58. The number of carbonyl (C=O) groups excluding carboxylic acids is 1. The van der Waals surface area contributed by atoms with Gasteiger partial charge in [0, 0.05) is 46.6 Å².